The van der Waals surface area contributed by atoms with Crippen molar-refractivity contribution < 1.29 is 17.6 Å². The van der Waals surface area contributed by atoms with E-state index >= 15 is 0 Å². The Bertz CT molecular complexity index is 603. The van der Waals surface area contributed by atoms with Gasteiger partial charge in [-0.3, -0.25) is 0 Å². The van der Waals surface area contributed by atoms with Crippen molar-refractivity contribution in [2.75, 3.05) is 5.73 Å². The second-order valence-corrected chi connectivity index (χ2v) is 4.43. The van der Waals surface area contributed by atoms with E-state index in [2.05, 4.69) is 25.9 Å². The van der Waals surface area contributed by atoms with E-state index in [0.717, 1.165) is 0 Å². The van der Waals surface area contributed by atoms with E-state index < -0.39 is 18.2 Å². The number of rotatable bonds is 2. The van der Waals surface area contributed by atoms with Crippen molar-refractivity contribution in [2.24, 2.45) is 0 Å². The lowest BCUT2D eigenvalue weighted by molar-refractivity contribution is -0.140. The van der Waals surface area contributed by atoms with Crippen LogP contribution in [0.15, 0.2) is 22.7 Å². The zero-order chi connectivity index (χ0) is 13.5. The maximum atomic E-state index is 13.1. The van der Waals surface area contributed by atoms with E-state index in [4.69, 9.17) is 5.73 Å². The van der Waals surface area contributed by atoms with Crippen LogP contribution >= 0.6 is 15.9 Å². The summed E-state index contributed by atoms with van der Waals surface area (Å²) in [5.41, 5.74) is 5.56. The predicted octanol–water partition coefficient (Wildman–Crippen LogP) is 3.33. The fraction of sp³-hybridized carbons (Fsp3) is 0.200. The molecule has 0 aliphatic heterocycles. The quantitative estimate of drug-likeness (QED) is 0.862. The molecule has 18 heavy (non-hydrogen) atoms. The van der Waals surface area contributed by atoms with E-state index in [1.807, 2.05) is 0 Å². The summed E-state index contributed by atoms with van der Waals surface area (Å²) in [6.45, 7) is 0. The van der Waals surface area contributed by atoms with Crippen LogP contribution in [0.3, 0.4) is 0 Å². The fourth-order valence-electron chi connectivity index (χ4n) is 1.37. The van der Waals surface area contributed by atoms with Gasteiger partial charge in [0.1, 0.15) is 5.82 Å². The second kappa shape index (κ2) is 4.34. The molecule has 96 valence electrons. The normalized spacial score (nSPS) is 12.3. The number of nitrogens with zero attached hydrogens (tertiary/aromatic N) is 2. The monoisotopic (exact) mass is 323 g/mol. The smallest absolute Gasteiger partial charge is 0.365 e. The Morgan fingerprint density at radius 2 is 1.89 bits per heavy atom. The SMILES string of the molecule is Nc1nc(C(F)(F)C(F)F)nc2ccc(Br)cc12. The number of fused-ring (bicyclic) bond motifs is 1. The molecular formula is C10H6BrF4N3. The lowest BCUT2D eigenvalue weighted by Gasteiger charge is -2.14. The van der Waals surface area contributed by atoms with Crippen LogP contribution in [0.4, 0.5) is 23.4 Å². The molecular weight excluding hydrogens is 318 g/mol. The van der Waals surface area contributed by atoms with Crippen LogP contribution in [0, 0.1) is 0 Å². The molecule has 0 bridgehead atoms. The number of nitrogens with two attached hydrogens (primary N) is 1. The molecule has 1 aromatic heterocycles. The summed E-state index contributed by atoms with van der Waals surface area (Å²) in [6.07, 6.45) is -3.88. The fourth-order valence-corrected chi connectivity index (χ4v) is 1.73. The van der Waals surface area contributed by atoms with Crippen molar-refractivity contribution >= 4 is 32.7 Å². The number of benzene rings is 1. The molecule has 8 heteroatoms. The van der Waals surface area contributed by atoms with Gasteiger partial charge in [0, 0.05) is 9.86 Å². The van der Waals surface area contributed by atoms with Gasteiger partial charge in [-0.15, -0.1) is 0 Å². The van der Waals surface area contributed by atoms with Crippen molar-refractivity contribution in [2.45, 2.75) is 12.3 Å². The van der Waals surface area contributed by atoms with Crippen LogP contribution in [-0.2, 0) is 5.92 Å². The van der Waals surface area contributed by atoms with Gasteiger partial charge in [-0.25, -0.2) is 18.7 Å². The predicted molar refractivity (Wildman–Crippen MR) is 61.5 cm³/mol. The Labute approximate surface area is 107 Å². The van der Waals surface area contributed by atoms with Gasteiger partial charge in [-0.2, -0.15) is 8.78 Å². The average Bonchev–Trinajstić information content (AvgIpc) is 2.29. The van der Waals surface area contributed by atoms with E-state index in [9.17, 15) is 17.6 Å². The van der Waals surface area contributed by atoms with Crippen LogP contribution in [0.2, 0.25) is 0 Å². The minimum Gasteiger partial charge on any atom is -0.383 e. The van der Waals surface area contributed by atoms with Crippen LogP contribution < -0.4 is 5.73 Å². The zero-order valence-corrected chi connectivity index (χ0v) is 10.3. The highest BCUT2D eigenvalue weighted by Crippen LogP contribution is 2.34. The van der Waals surface area contributed by atoms with E-state index in [0.29, 0.717) is 9.86 Å². The Balaban J connectivity index is 2.67. The standard InChI is InChI=1S/C10H6BrF4N3/c11-4-1-2-6-5(3-4)7(16)18-9(17-6)10(14,15)8(12)13/h1-3,8H,(H2,16,17,18). The molecule has 0 fully saturated rings. The number of hydrogen-bond acceptors (Lipinski definition) is 3. The molecule has 2 N–H and O–H groups in total. The molecule has 0 atom stereocenters. The highest BCUT2D eigenvalue weighted by atomic mass is 79.9. The average molecular weight is 324 g/mol. The van der Waals surface area contributed by atoms with Crippen molar-refractivity contribution in [3.63, 3.8) is 0 Å². The molecule has 0 saturated carbocycles. The van der Waals surface area contributed by atoms with Crippen molar-refractivity contribution in [3.05, 3.63) is 28.5 Å². The first kappa shape index (κ1) is 13.0. The first-order chi connectivity index (χ1) is 8.32. The largest absolute Gasteiger partial charge is 0.383 e. The van der Waals surface area contributed by atoms with Crippen LogP contribution in [-0.4, -0.2) is 16.4 Å². The van der Waals surface area contributed by atoms with Crippen LogP contribution in [0.5, 0.6) is 0 Å². The number of alkyl halides is 4. The topological polar surface area (TPSA) is 51.8 Å². The first-order valence-electron chi connectivity index (χ1n) is 4.71. The molecule has 0 radical (unpaired) electrons. The van der Waals surface area contributed by atoms with Gasteiger partial charge < -0.3 is 5.73 Å². The summed E-state index contributed by atoms with van der Waals surface area (Å²) in [4.78, 5) is 6.68. The molecule has 0 aliphatic carbocycles. The second-order valence-electron chi connectivity index (χ2n) is 3.52. The lowest BCUT2D eigenvalue weighted by Crippen LogP contribution is -2.26. The third-order valence-corrected chi connectivity index (χ3v) is 2.75. The number of hydrogen-bond donors (Lipinski definition) is 1. The highest BCUT2D eigenvalue weighted by Gasteiger charge is 2.46. The van der Waals surface area contributed by atoms with Gasteiger partial charge in [-0.05, 0) is 18.2 Å². The summed E-state index contributed by atoms with van der Waals surface area (Å²) in [5, 5.41) is 0.318. The highest BCUT2D eigenvalue weighted by molar-refractivity contribution is 9.10. The third-order valence-electron chi connectivity index (χ3n) is 2.26. The maximum absolute atomic E-state index is 13.1. The number of halogens is 5. The minimum atomic E-state index is -4.42. The molecule has 0 amide bonds. The molecule has 2 rings (SSSR count). The van der Waals surface area contributed by atoms with Crippen molar-refractivity contribution in [1.29, 1.82) is 0 Å². The molecule has 1 heterocycles. The van der Waals surface area contributed by atoms with Crippen molar-refractivity contribution in [3.8, 4) is 0 Å². The summed E-state index contributed by atoms with van der Waals surface area (Å²) in [7, 11) is 0. The van der Waals surface area contributed by atoms with Crippen molar-refractivity contribution in [1.82, 2.24) is 9.97 Å². The van der Waals surface area contributed by atoms with E-state index in [1.54, 1.807) is 6.07 Å². The van der Waals surface area contributed by atoms with E-state index in [-0.39, 0.29) is 11.3 Å². The molecule has 0 aliphatic rings. The van der Waals surface area contributed by atoms with Gasteiger partial charge in [0.25, 0.3) is 0 Å². The first-order valence-corrected chi connectivity index (χ1v) is 5.51. The van der Waals surface area contributed by atoms with Gasteiger partial charge in [0.2, 0.25) is 5.82 Å². The molecule has 1 aromatic carbocycles. The van der Waals surface area contributed by atoms with Gasteiger partial charge in [0.15, 0.2) is 0 Å². The van der Waals surface area contributed by atoms with Gasteiger partial charge >= 0.3 is 12.3 Å². The summed E-state index contributed by atoms with van der Waals surface area (Å²) < 4.78 is 51.3. The molecule has 0 spiro atoms. The lowest BCUT2D eigenvalue weighted by atomic mass is 10.2. The minimum absolute atomic E-state index is 0.0843. The third kappa shape index (κ3) is 2.12. The number of aromatic nitrogens is 2. The van der Waals surface area contributed by atoms with E-state index in [1.165, 1.54) is 12.1 Å². The van der Waals surface area contributed by atoms with Gasteiger partial charge in [-0.1, -0.05) is 15.9 Å². The zero-order valence-electron chi connectivity index (χ0n) is 8.67. The molecule has 3 nitrogen and oxygen atoms in total. The Kier molecular flexibility index (Phi) is 3.14. The Hall–Kier alpha value is -1.44. The summed E-state index contributed by atoms with van der Waals surface area (Å²) >= 11 is 3.17. The Morgan fingerprint density at radius 1 is 1.22 bits per heavy atom. The number of nitrogen functional groups attached to an aromatic ring is 1. The Morgan fingerprint density at radius 3 is 2.50 bits per heavy atom. The number of anilines is 1. The molecule has 0 saturated heterocycles. The molecule has 0 unspecified atom stereocenters. The van der Waals surface area contributed by atoms with Gasteiger partial charge in [0.05, 0.1) is 5.52 Å². The summed E-state index contributed by atoms with van der Waals surface area (Å²) in [5.74, 6) is -5.96. The molecule has 2 aromatic rings. The van der Waals surface area contributed by atoms with Crippen LogP contribution in [0.1, 0.15) is 5.82 Å². The summed E-state index contributed by atoms with van der Waals surface area (Å²) in [6, 6.07) is 4.45. The van der Waals surface area contributed by atoms with Crippen LogP contribution in [0.25, 0.3) is 10.9 Å². The maximum Gasteiger partial charge on any atom is 0.365 e.